The number of carbonyl (C=O) groups is 1. The second-order valence-electron chi connectivity index (χ2n) is 6.27. The van der Waals surface area contributed by atoms with Crippen LogP contribution in [-0.4, -0.2) is 47.0 Å². The van der Waals surface area contributed by atoms with E-state index in [0.29, 0.717) is 23.7 Å². The highest BCUT2D eigenvalue weighted by Crippen LogP contribution is 2.31. The Balaban J connectivity index is 1.49. The number of hydrogen-bond acceptors (Lipinski definition) is 5. The summed E-state index contributed by atoms with van der Waals surface area (Å²) in [6.45, 7) is 5.04. The minimum absolute atomic E-state index is 0.0537. The largest absolute Gasteiger partial charge is 0.352 e. The van der Waals surface area contributed by atoms with E-state index >= 15 is 0 Å². The molecule has 3 heterocycles. The third-order valence-corrected chi connectivity index (χ3v) is 6.10. The van der Waals surface area contributed by atoms with Crippen LogP contribution in [0.2, 0.25) is 5.02 Å². The van der Waals surface area contributed by atoms with Crippen LogP contribution in [0.4, 0.5) is 5.82 Å². The lowest BCUT2D eigenvalue weighted by Gasteiger charge is -2.35. The van der Waals surface area contributed by atoms with E-state index < -0.39 is 0 Å². The second-order valence-corrected chi connectivity index (χ2v) is 7.82. The average molecular weight is 387 g/mol. The van der Waals surface area contributed by atoms with E-state index in [1.165, 1.54) is 4.88 Å². The zero-order chi connectivity index (χ0) is 18.1. The number of halogens is 1. The highest BCUT2D eigenvalue weighted by Gasteiger charge is 2.24. The third kappa shape index (κ3) is 3.27. The SMILES string of the molecule is CCc1cc2c(N3CCN(C(=O)c4ccc(Cl)cc4)CC3)ncnc2s1. The summed E-state index contributed by atoms with van der Waals surface area (Å²) in [6, 6.07) is 9.26. The maximum absolute atomic E-state index is 12.6. The van der Waals surface area contributed by atoms with Gasteiger partial charge in [0.15, 0.2) is 0 Å². The number of fused-ring (bicyclic) bond motifs is 1. The predicted molar refractivity (Wildman–Crippen MR) is 106 cm³/mol. The van der Waals surface area contributed by atoms with Crippen LogP contribution in [-0.2, 0) is 6.42 Å². The molecule has 4 rings (SSSR count). The van der Waals surface area contributed by atoms with Crippen molar-refractivity contribution < 1.29 is 4.79 Å². The third-order valence-electron chi connectivity index (χ3n) is 4.67. The molecule has 0 spiro atoms. The molecule has 1 aliphatic rings. The second kappa shape index (κ2) is 7.21. The van der Waals surface area contributed by atoms with Gasteiger partial charge in [0.1, 0.15) is 17.0 Å². The van der Waals surface area contributed by atoms with Gasteiger partial charge in [0, 0.05) is 41.6 Å². The number of anilines is 1. The number of hydrogen-bond donors (Lipinski definition) is 0. The van der Waals surface area contributed by atoms with E-state index in [4.69, 9.17) is 11.6 Å². The summed E-state index contributed by atoms with van der Waals surface area (Å²) in [5.41, 5.74) is 0.678. The van der Waals surface area contributed by atoms with Crippen LogP contribution in [0.5, 0.6) is 0 Å². The maximum atomic E-state index is 12.6. The first kappa shape index (κ1) is 17.2. The number of benzene rings is 1. The molecule has 1 saturated heterocycles. The normalized spacial score (nSPS) is 14.8. The fourth-order valence-electron chi connectivity index (χ4n) is 3.22. The fourth-order valence-corrected chi connectivity index (χ4v) is 4.27. The minimum Gasteiger partial charge on any atom is -0.352 e. The summed E-state index contributed by atoms with van der Waals surface area (Å²) in [7, 11) is 0. The molecule has 0 atom stereocenters. The summed E-state index contributed by atoms with van der Waals surface area (Å²) in [6.07, 6.45) is 2.64. The van der Waals surface area contributed by atoms with E-state index in [0.717, 1.165) is 35.5 Å². The molecule has 1 aromatic carbocycles. The molecule has 0 saturated carbocycles. The number of amides is 1. The van der Waals surface area contributed by atoms with Crippen molar-refractivity contribution in [2.75, 3.05) is 31.1 Å². The van der Waals surface area contributed by atoms with Crippen molar-refractivity contribution >= 4 is 44.9 Å². The molecule has 0 N–H and O–H groups in total. The van der Waals surface area contributed by atoms with Crippen molar-refractivity contribution in [2.24, 2.45) is 0 Å². The Kier molecular flexibility index (Phi) is 4.78. The number of aryl methyl sites for hydroxylation is 1. The van der Waals surface area contributed by atoms with Gasteiger partial charge in [0.05, 0.1) is 5.39 Å². The Morgan fingerprint density at radius 3 is 2.58 bits per heavy atom. The Bertz CT molecular complexity index is 932. The topological polar surface area (TPSA) is 49.3 Å². The summed E-state index contributed by atoms with van der Waals surface area (Å²) < 4.78 is 0. The zero-order valence-corrected chi connectivity index (χ0v) is 16.1. The van der Waals surface area contributed by atoms with Gasteiger partial charge >= 0.3 is 0 Å². The van der Waals surface area contributed by atoms with Gasteiger partial charge in [-0.3, -0.25) is 4.79 Å². The van der Waals surface area contributed by atoms with Gasteiger partial charge in [-0.15, -0.1) is 11.3 Å². The first-order valence-electron chi connectivity index (χ1n) is 8.69. The van der Waals surface area contributed by atoms with Crippen molar-refractivity contribution in [3.05, 3.63) is 52.1 Å². The molecule has 26 heavy (non-hydrogen) atoms. The van der Waals surface area contributed by atoms with Gasteiger partial charge in [-0.1, -0.05) is 18.5 Å². The molecule has 1 aliphatic heterocycles. The number of rotatable bonds is 3. The zero-order valence-electron chi connectivity index (χ0n) is 14.5. The van der Waals surface area contributed by atoms with E-state index in [9.17, 15) is 4.79 Å². The van der Waals surface area contributed by atoms with Crippen LogP contribution in [0.1, 0.15) is 22.2 Å². The molecule has 2 aromatic heterocycles. The van der Waals surface area contributed by atoms with Gasteiger partial charge in [-0.05, 0) is 36.8 Å². The predicted octanol–water partition coefficient (Wildman–Crippen LogP) is 3.87. The molecular weight excluding hydrogens is 368 g/mol. The van der Waals surface area contributed by atoms with Crippen LogP contribution >= 0.6 is 22.9 Å². The van der Waals surface area contributed by atoms with E-state index in [2.05, 4.69) is 27.9 Å². The summed E-state index contributed by atoms with van der Waals surface area (Å²) >= 11 is 7.63. The number of nitrogens with zero attached hydrogens (tertiary/aromatic N) is 4. The van der Waals surface area contributed by atoms with Crippen LogP contribution in [0, 0.1) is 0 Å². The summed E-state index contributed by atoms with van der Waals surface area (Å²) in [5, 5.41) is 1.76. The number of piperazine rings is 1. The Labute approximate surface area is 161 Å². The average Bonchev–Trinajstić information content (AvgIpc) is 3.11. The Morgan fingerprint density at radius 1 is 1.15 bits per heavy atom. The van der Waals surface area contributed by atoms with Crippen molar-refractivity contribution in [3.63, 3.8) is 0 Å². The molecule has 0 unspecified atom stereocenters. The molecule has 0 bridgehead atoms. The van der Waals surface area contributed by atoms with Gasteiger partial charge in [0.2, 0.25) is 0 Å². The van der Waals surface area contributed by atoms with Crippen molar-refractivity contribution in [1.29, 1.82) is 0 Å². The highest BCUT2D eigenvalue weighted by molar-refractivity contribution is 7.18. The minimum atomic E-state index is 0.0537. The lowest BCUT2D eigenvalue weighted by molar-refractivity contribution is 0.0746. The molecular formula is C19H19ClN4OS. The first-order valence-corrected chi connectivity index (χ1v) is 9.88. The number of thiophene rings is 1. The van der Waals surface area contributed by atoms with Crippen molar-refractivity contribution in [2.45, 2.75) is 13.3 Å². The van der Waals surface area contributed by atoms with Gasteiger partial charge in [-0.25, -0.2) is 9.97 Å². The quantitative estimate of drug-likeness (QED) is 0.685. The Morgan fingerprint density at radius 2 is 1.88 bits per heavy atom. The fraction of sp³-hybridized carbons (Fsp3) is 0.316. The van der Waals surface area contributed by atoms with E-state index in [-0.39, 0.29) is 5.91 Å². The van der Waals surface area contributed by atoms with Crippen LogP contribution < -0.4 is 4.90 Å². The van der Waals surface area contributed by atoms with Crippen LogP contribution in [0.25, 0.3) is 10.2 Å². The summed E-state index contributed by atoms with van der Waals surface area (Å²) in [4.78, 5) is 28.1. The van der Waals surface area contributed by atoms with E-state index in [1.807, 2.05) is 4.90 Å². The van der Waals surface area contributed by atoms with Crippen LogP contribution in [0.15, 0.2) is 36.7 Å². The standard InChI is InChI=1S/C19H19ClN4OS/c1-2-15-11-16-17(21-12-22-18(16)26-15)23-7-9-24(10-8-23)19(25)13-3-5-14(20)6-4-13/h3-6,11-12H,2,7-10H2,1H3. The van der Waals surface area contributed by atoms with Crippen molar-refractivity contribution in [1.82, 2.24) is 14.9 Å². The van der Waals surface area contributed by atoms with Crippen molar-refractivity contribution in [3.8, 4) is 0 Å². The maximum Gasteiger partial charge on any atom is 0.253 e. The molecule has 1 fully saturated rings. The first-order chi connectivity index (χ1) is 12.7. The van der Waals surface area contributed by atoms with Gasteiger partial charge in [0.25, 0.3) is 5.91 Å². The molecule has 7 heteroatoms. The molecule has 134 valence electrons. The molecule has 5 nitrogen and oxygen atoms in total. The highest BCUT2D eigenvalue weighted by atomic mass is 35.5. The molecule has 1 amide bonds. The van der Waals surface area contributed by atoms with E-state index in [1.54, 1.807) is 41.9 Å². The molecule has 0 aliphatic carbocycles. The smallest absolute Gasteiger partial charge is 0.253 e. The lowest BCUT2D eigenvalue weighted by atomic mass is 10.2. The summed E-state index contributed by atoms with van der Waals surface area (Å²) in [5.74, 6) is 1.03. The Hall–Kier alpha value is -2.18. The number of aromatic nitrogens is 2. The monoisotopic (exact) mass is 386 g/mol. The molecule has 3 aromatic rings. The number of carbonyl (C=O) groups excluding carboxylic acids is 1. The van der Waals surface area contributed by atoms with Gasteiger partial charge < -0.3 is 9.80 Å². The van der Waals surface area contributed by atoms with Gasteiger partial charge in [-0.2, -0.15) is 0 Å². The molecule has 0 radical (unpaired) electrons. The lowest BCUT2D eigenvalue weighted by Crippen LogP contribution is -2.49. The van der Waals surface area contributed by atoms with Crippen LogP contribution in [0.3, 0.4) is 0 Å².